The number of aliphatic imine (C=N–C) groups is 1. The largest absolute Gasteiger partial charge is 0.362 e. The highest BCUT2D eigenvalue weighted by molar-refractivity contribution is 8.99. The molecule has 1 aliphatic carbocycles. The highest BCUT2D eigenvalue weighted by atomic mass is 33.3. The molecule has 18 heavy (non-hydrogen) atoms. The molecule has 4 nitrogen and oxygen atoms in total. The van der Waals surface area contributed by atoms with Crippen molar-refractivity contribution >= 4 is 34.3 Å². The Hall–Kier alpha value is 0.360. The Balaban J connectivity index is 2.37. The Morgan fingerprint density at radius 1 is 1.44 bits per heavy atom. The molecule has 0 radical (unpaired) electrons. The van der Waals surface area contributed by atoms with Gasteiger partial charge < -0.3 is 4.52 Å². The quantitative estimate of drug-likeness (QED) is 0.224. The Morgan fingerprint density at radius 3 is 2.78 bits per heavy atom. The van der Waals surface area contributed by atoms with Gasteiger partial charge in [-0.3, -0.25) is 14.6 Å². The van der Waals surface area contributed by atoms with Crippen molar-refractivity contribution in [1.29, 1.82) is 0 Å². The first-order valence-electron chi connectivity index (χ1n) is 6.55. The van der Waals surface area contributed by atoms with Crippen molar-refractivity contribution < 1.29 is 9.09 Å². The predicted molar refractivity (Wildman–Crippen MR) is 83.5 cm³/mol. The van der Waals surface area contributed by atoms with Gasteiger partial charge in [0.2, 0.25) is 0 Å². The molecule has 1 rings (SSSR count). The SMILES string of the molecule is CCCSSP(=O)(NC=NC1CCCC1)OCC. The van der Waals surface area contributed by atoms with Crippen LogP contribution in [0.4, 0.5) is 0 Å². The van der Waals surface area contributed by atoms with E-state index in [0.717, 1.165) is 25.0 Å². The smallest absolute Gasteiger partial charge is 0.306 e. The zero-order chi connectivity index (χ0) is 13.3. The van der Waals surface area contributed by atoms with E-state index in [1.165, 1.54) is 23.3 Å². The fourth-order valence-corrected chi connectivity index (χ4v) is 7.34. The lowest BCUT2D eigenvalue weighted by atomic mass is 10.3. The second kappa shape index (κ2) is 9.29. The molecule has 0 aliphatic heterocycles. The molecule has 1 unspecified atom stereocenters. The molecule has 0 amide bonds. The minimum absolute atomic E-state index is 0.404. The average Bonchev–Trinajstić information content (AvgIpc) is 2.83. The van der Waals surface area contributed by atoms with E-state index in [1.807, 2.05) is 6.92 Å². The van der Waals surface area contributed by atoms with Crippen LogP contribution in [-0.4, -0.2) is 24.7 Å². The first-order chi connectivity index (χ1) is 8.70. The van der Waals surface area contributed by atoms with Gasteiger partial charge >= 0.3 is 6.72 Å². The van der Waals surface area contributed by atoms with E-state index < -0.39 is 6.72 Å². The van der Waals surface area contributed by atoms with Gasteiger partial charge in [-0.1, -0.05) is 30.6 Å². The van der Waals surface area contributed by atoms with Crippen molar-refractivity contribution in [3.8, 4) is 0 Å². The van der Waals surface area contributed by atoms with Crippen LogP contribution >= 0.6 is 27.9 Å². The van der Waals surface area contributed by atoms with Crippen molar-refractivity contribution in [2.75, 3.05) is 12.4 Å². The van der Waals surface area contributed by atoms with E-state index in [4.69, 9.17) is 4.52 Å². The molecule has 1 saturated carbocycles. The van der Waals surface area contributed by atoms with Crippen LogP contribution in [0.5, 0.6) is 0 Å². The Labute approximate surface area is 118 Å². The van der Waals surface area contributed by atoms with Crippen molar-refractivity contribution in [1.82, 2.24) is 5.09 Å². The second-order valence-corrected chi connectivity index (χ2v) is 10.4. The van der Waals surface area contributed by atoms with Crippen molar-refractivity contribution in [2.24, 2.45) is 4.99 Å². The number of hydrogen-bond acceptors (Lipinski definition) is 5. The van der Waals surface area contributed by atoms with Crippen LogP contribution in [0.3, 0.4) is 0 Å². The lowest BCUT2D eigenvalue weighted by Gasteiger charge is -2.15. The van der Waals surface area contributed by atoms with E-state index in [-0.39, 0.29) is 0 Å². The molecule has 0 aromatic carbocycles. The maximum absolute atomic E-state index is 12.4. The minimum atomic E-state index is -2.83. The van der Waals surface area contributed by atoms with Crippen LogP contribution in [-0.2, 0) is 9.09 Å². The lowest BCUT2D eigenvalue weighted by molar-refractivity contribution is 0.343. The molecule has 0 aromatic heterocycles. The summed E-state index contributed by atoms with van der Waals surface area (Å²) in [7, 11) is 2.89. The van der Waals surface area contributed by atoms with Crippen LogP contribution < -0.4 is 5.09 Å². The molecule has 1 N–H and O–H groups in total. The van der Waals surface area contributed by atoms with Crippen molar-refractivity contribution in [2.45, 2.75) is 52.0 Å². The van der Waals surface area contributed by atoms with E-state index in [1.54, 1.807) is 17.1 Å². The fraction of sp³-hybridized carbons (Fsp3) is 0.909. The summed E-state index contributed by atoms with van der Waals surface area (Å²) >= 11 is 0. The topological polar surface area (TPSA) is 50.7 Å². The number of nitrogens with one attached hydrogen (secondary N) is 1. The highest BCUT2D eigenvalue weighted by Crippen LogP contribution is 2.61. The molecule has 1 aliphatic rings. The van der Waals surface area contributed by atoms with Gasteiger partial charge in [0.1, 0.15) is 0 Å². The van der Waals surface area contributed by atoms with E-state index in [0.29, 0.717) is 12.6 Å². The number of rotatable bonds is 9. The average molecular weight is 310 g/mol. The Kier molecular flexibility index (Phi) is 8.47. The molecule has 0 aromatic rings. The summed E-state index contributed by atoms with van der Waals surface area (Å²) in [6.07, 6.45) is 7.47. The number of nitrogens with zero attached hydrogens (tertiary/aromatic N) is 1. The predicted octanol–water partition coefficient (Wildman–Crippen LogP) is 4.48. The van der Waals surface area contributed by atoms with Crippen LogP contribution in [0.15, 0.2) is 4.99 Å². The van der Waals surface area contributed by atoms with Gasteiger partial charge in [-0.2, -0.15) is 0 Å². The molecule has 0 saturated heterocycles. The van der Waals surface area contributed by atoms with E-state index >= 15 is 0 Å². The second-order valence-electron chi connectivity index (χ2n) is 4.16. The Bertz CT molecular complexity index is 297. The van der Waals surface area contributed by atoms with Gasteiger partial charge in [0.25, 0.3) is 0 Å². The van der Waals surface area contributed by atoms with Crippen LogP contribution in [0, 0.1) is 0 Å². The summed E-state index contributed by atoms with van der Waals surface area (Å²) in [6.45, 7) is 1.58. The third-order valence-corrected chi connectivity index (χ3v) is 9.22. The van der Waals surface area contributed by atoms with Gasteiger partial charge in [0.05, 0.1) is 19.0 Å². The molecule has 0 heterocycles. The summed E-state index contributed by atoms with van der Waals surface area (Å²) in [4.78, 5) is 4.41. The highest BCUT2D eigenvalue weighted by Gasteiger charge is 2.23. The maximum Gasteiger partial charge on any atom is 0.362 e. The minimum Gasteiger partial charge on any atom is -0.306 e. The first-order valence-corrected chi connectivity index (χ1v) is 11.1. The summed E-state index contributed by atoms with van der Waals surface area (Å²) in [5.41, 5.74) is 0. The third kappa shape index (κ3) is 6.50. The molecule has 7 heteroatoms. The molecular formula is C11H23N2O2PS2. The molecule has 106 valence electrons. The summed E-state index contributed by atoms with van der Waals surface area (Å²) in [5.74, 6) is 0.975. The van der Waals surface area contributed by atoms with Crippen molar-refractivity contribution in [3.05, 3.63) is 0 Å². The molecule has 0 bridgehead atoms. The molecule has 1 atom stereocenters. The van der Waals surface area contributed by atoms with E-state index in [9.17, 15) is 4.57 Å². The number of hydrogen-bond donors (Lipinski definition) is 1. The zero-order valence-electron chi connectivity index (χ0n) is 11.1. The van der Waals surface area contributed by atoms with Gasteiger partial charge in [-0.25, -0.2) is 0 Å². The van der Waals surface area contributed by atoms with Gasteiger partial charge in [0.15, 0.2) is 0 Å². The molecular weight excluding hydrogens is 287 g/mol. The molecule has 1 fully saturated rings. The summed E-state index contributed by atoms with van der Waals surface area (Å²) in [6, 6.07) is 0.404. The monoisotopic (exact) mass is 310 g/mol. The fourth-order valence-electron chi connectivity index (χ4n) is 1.70. The van der Waals surface area contributed by atoms with E-state index in [2.05, 4.69) is 17.0 Å². The summed E-state index contributed by atoms with van der Waals surface area (Å²) in [5, 5.41) is 2.87. The standard InChI is InChI=1S/C11H23N2O2PS2/c1-3-9-17-18-16(14,15-4-2)13-10-12-11-7-5-6-8-11/h10-11H,3-9H2,1-2H3,(H,12,13,14). The Morgan fingerprint density at radius 2 is 2.17 bits per heavy atom. The zero-order valence-corrected chi connectivity index (χ0v) is 13.7. The maximum atomic E-state index is 12.4. The third-order valence-electron chi connectivity index (χ3n) is 2.56. The van der Waals surface area contributed by atoms with Gasteiger partial charge in [-0.15, -0.1) is 0 Å². The van der Waals surface area contributed by atoms with Crippen LogP contribution in [0.2, 0.25) is 0 Å². The van der Waals surface area contributed by atoms with Gasteiger partial charge in [-0.05, 0) is 26.2 Å². The van der Waals surface area contributed by atoms with Crippen LogP contribution in [0.25, 0.3) is 0 Å². The lowest BCUT2D eigenvalue weighted by Crippen LogP contribution is -2.10. The summed E-state index contributed by atoms with van der Waals surface area (Å²) < 4.78 is 17.7. The normalized spacial score (nSPS) is 20.3. The van der Waals surface area contributed by atoms with Crippen molar-refractivity contribution in [3.63, 3.8) is 0 Å². The van der Waals surface area contributed by atoms with Gasteiger partial charge in [0, 0.05) is 16.2 Å². The van der Waals surface area contributed by atoms with Crippen LogP contribution in [0.1, 0.15) is 46.0 Å². The first kappa shape index (κ1) is 16.4. The molecule has 0 spiro atoms.